The predicted octanol–water partition coefficient (Wildman–Crippen LogP) is 1.37. The van der Waals surface area contributed by atoms with Crippen LogP contribution in [0.25, 0.3) is 0 Å². The molecule has 0 unspecified atom stereocenters. The van der Waals surface area contributed by atoms with Gasteiger partial charge in [0.2, 0.25) is 5.91 Å². The fraction of sp³-hybridized carbons (Fsp3) is 0.588. The highest BCUT2D eigenvalue weighted by atomic mass is 16.4. The van der Waals surface area contributed by atoms with Crippen LogP contribution in [-0.4, -0.2) is 58.9 Å². The van der Waals surface area contributed by atoms with E-state index in [4.69, 9.17) is 4.42 Å². The van der Waals surface area contributed by atoms with Crippen LogP contribution in [0.2, 0.25) is 0 Å². The molecule has 0 aliphatic carbocycles. The molecule has 1 aromatic rings. The Kier molecular flexibility index (Phi) is 4.11. The van der Waals surface area contributed by atoms with Crippen molar-refractivity contribution in [2.24, 2.45) is 11.3 Å². The number of carboxylic acid groups (broad SMARTS) is 1. The number of hydrogen-bond donors (Lipinski definition) is 1. The summed E-state index contributed by atoms with van der Waals surface area (Å²) in [6.07, 6.45) is 1.07. The molecule has 2 aliphatic rings. The molecule has 2 atom stereocenters. The van der Waals surface area contributed by atoms with Gasteiger partial charge >= 0.3 is 5.97 Å². The number of amides is 2. The topological polar surface area (TPSA) is 91.1 Å². The fourth-order valence-electron chi connectivity index (χ4n) is 3.91. The third-order valence-electron chi connectivity index (χ3n) is 5.30. The van der Waals surface area contributed by atoms with Crippen LogP contribution in [0.1, 0.15) is 36.1 Å². The molecule has 1 N–H and O–H groups in total. The molecule has 7 nitrogen and oxygen atoms in total. The molecule has 3 rings (SSSR count). The van der Waals surface area contributed by atoms with E-state index in [0.29, 0.717) is 38.2 Å². The first kappa shape index (κ1) is 16.5. The number of furan rings is 1. The molecule has 2 fully saturated rings. The number of aliphatic carboxylic acids is 1. The van der Waals surface area contributed by atoms with E-state index in [1.165, 1.54) is 6.92 Å². The molecule has 24 heavy (non-hydrogen) atoms. The molecule has 130 valence electrons. The zero-order valence-electron chi connectivity index (χ0n) is 13.9. The Balaban J connectivity index is 1.85. The largest absolute Gasteiger partial charge is 0.481 e. The third kappa shape index (κ3) is 2.68. The maximum absolute atomic E-state index is 12.6. The van der Waals surface area contributed by atoms with Crippen molar-refractivity contribution in [3.05, 3.63) is 23.7 Å². The summed E-state index contributed by atoms with van der Waals surface area (Å²) in [5, 5.41) is 9.81. The van der Waals surface area contributed by atoms with Crippen molar-refractivity contribution in [3.8, 4) is 0 Å². The van der Waals surface area contributed by atoms with E-state index in [-0.39, 0.29) is 30.0 Å². The van der Waals surface area contributed by atoms with Crippen molar-refractivity contribution >= 4 is 17.8 Å². The van der Waals surface area contributed by atoms with Gasteiger partial charge in [-0.25, -0.2) is 0 Å². The first-order valence-corrected chi connectivity index (χ1v) is 8.18. The molecular weight excluding hydrogens is 312 g/mol. The van der Waals surface area contributed by atoms with Gasteiger partial charge in [0.05, 0.1) is 5.41 Å². The molecule has 0 aromatic carbocycles. The minimum absolute atomic E-state index is 0.122. The summed E-state index contributed by atoms with van der Waals surface area (Å²) in [6.45, 7) is 4.66. The number of nitrogens with zero attached hydrogens (tertiary/aromatic N) is 2. The molecule has 0 saturated carbocycles. The lowest BCUT2D eigenvalue weighted by Crippen LogP contribution is -2.42. The Labute approximate surface area is 140 Å². The van der Waals surface area contributed by atoms with Gasteiger partial charge in [0.15, 0.2) is 5.76 Å². The van der Waals surface area contributed by atoms with Crippen molar-refractivity contribution in [2.45, 2.75) is 26.7 Å². The van der Waals surface area contributed by atoms with Gasteiger partial charge in [-0.2, -0.15) is 0 Å². The molecule has 2 aliphatic heterocycles. The lowest BCUT2D eigenvalue weighted by molar-refractivity contribution is -0.151. The maximum atomic E-state index is 12.6. The Hall–Kier alpha value is -2.31. The highest BCUT2D eigenvalue weighted by Gasteiger charge is 2.54. The van der Waals surface area contributed by atoms with Gasteiger partial charge < -0.3 is 19.3 Å². The summed E-state index contributed by atoms with van der Waals surface area (Å²) in [5.74, 6) is -0.539. The van der Waals surface area contributed by atoms with Crippen LogP contribution in [0.15, 0.2) is 16.5 Å². The Morgan fingerprint density at radius 2 is 1.96 bits per heavy atom. The molecule has 3 heterocycles. The summed E-state index contributed by atoms with van der Waals surface area (Å²) in [7, 11) is 0. The SMILES string of the molecule is CC(=O)N1C[C@H]2CN(C(=O)c3ccc(C)o3)CCC[C@@]2(C(=O)O)C1. The van der Waals surface area contributed by atoms with Crippen molar-refractivity contribution in [1.29, 1.82) is 0 Å². The van der Waals surface area contributed by atoms with E-state index in [2.05, 4.69) is 0 Å². The average molecular weight is 334 g/mol. The maximum Gasteiger partial charge on any atom is 0.311 e. The van der Waals surface area contributed by atoms with Gasteiger partial charge in [0.1, 0.15) is 5.76 Å². The Morgan fingerprint density at radius 1 is 1.25 bits per heavy atom. The van der Waals surface area contributed by atoms with Gasteiger partial charge in [-0.15, -0.1) is 0 Å². The average Bonchev–Trinajstić information content (AvgIpc) is 3.06. The number of fused-ring (bicyclic) bond motifs is 1. The zero-order chi connectivity index (χ0) is 17.5. The van der Waals surface area contributed by atoms with Crippen LogP contribution in [0, 0.1) is 18.3 Å². The van der Waals surface area contributed by atoms with Gasteiger partial charge in [0.25, 0.3) is 5.91 Å². The highest BCUT2D eigenvalue weighted by Crippen LogP contribution is 2.43. The summed E-state index contributed by atoms with van der Waals surface area (Å²) >= 11 is 0. The monoisotopic (exact) mass is 334 g/mol. The first-order chi connectivity index (χ1) is 11.3. The molecule has 0 radical (unpaired) electrons. The van der Waals surface area contributed by atoms with Crippen LogP contribution in [-0.2, 0) is 9.59 Å². The van der Waals surface area contributed by atoms with Crippen LogP contribution in [0.4, 0.5) is 0 Å². The van der Waals surface area contributed by atoms with Gasteiger partial charge in [-0.05, 0) is 31.9 Å². The van der Waals surface area contributed by atoms with Crippen LogP contribution >= 0.6 is 0 Å². The molecular formula is C17H22N2O5. The Bertz CT molecular complexity index is 682. The minimum Gasteiger partial charge on any atom is -0.481 e. The van der Waals surface area contributed by atoms with Gasteiger partial charge in [-0.1, -0.05) is 0 Å². The number of carbonyl (C=O) groups excluding carboxylic acids is 2. The predicted molar refractivity (Wildman–Crippen MR) is 84.4 cm³/mol. The standard InChI is InChI=1S/C17H22N2O5/c1-11-4-5-14(24-11)15(21)18-7-3-6-17(16(22)23)10-19(12(2)20)9-13(17)8-18/h4-5,13H,3,6-10H2,1-2H3,(H,22,23)/t13-,17-/m1/s1. The van der Waals surface area contributed by atoms with Crippen LogP contribution < -0.4 is 0 Å². The fourth-order valence-corrected chi connectivity index (χ4v) is 3.91. The second kappa shape index (κ2) is 5.96. The van der Waals surface area contributed by atoms with Crippen LogP contribution in [0.3, 0.4) is 0 Å². The summed E-state index contributed by atoms with van der Waals surface area (Å²) < 4.78 is 5.41. The van der Waals surface area contributed by atoms with Crippen molar-refractivity contribution < 1.29 is 23.9 Å². The molecule has 1 aromatic heterocycles. The lowest BCUT2D eigenvalue weighted by Gasteiger charge is -2.29. The van der Waals surface area contributed by atoms with E-state index in [1.54, 1.807) is 28.9 Å². The normalized spacial score (nSPS) is 26.8. The molecule has 0 spiro atoms. The number of carboxylic acids is 1. The van der Waals surface area contributed by atoms with Crippen molar-refractivity contribution in [1.82, 2.24) is 9.80 Å². The summed E-state index contributed by atoms with van der Waals surface area (Å²) in [6, 6.07) is 3.38. The van der Waals surface area contributed by atoms with E-state index in [1.807, 2.05) is 0 Å². The molecule has 2 saturated heterocycles. The van der Waals surface area contributed by atoms with Crippen molar-refractivity contribution in [2.75, 3.05) is 26.2 Å². The molecule has 7 heteroatoms. The lowest BCUT2D eigenvalue weighted by atomic mass is 9.75. The van der Waals surface area contributed by atoms with Gasteiger partial charge in [-0.3, -0.25) is 14.4 Å². The number of aryl methyl sites for hydroxylation is 1. The Morgan fingerprint density at radius 3 is 2.54 bits per heavy atom. The van der Waals surface area contributed by atoms with E-state index < -0.39 is 11.4 Å². The smallest absolute Gasteiger partial charge is 0.311 e. The second-order valence-electron chi connectivity index (χ2n) is 6.82. The zero-order valence-corrected chi connectivity index (χ0v) is 13.9. The second-order valence-corrected chi connectivity index (χ2v) is 6.82. The number of carbonyl (C=O) groups is 3. The third-order valence-corrected chi connectivity index (χ3v) is 5.30. The number of hydrogen-bond acceptors (Lipinski definition) is 4. The van der Waals surface area contributed by atoms with E-state index >= 15 is 0 Å². The minimum atomic E-state index is -0.959. The first-order valence-electron chi connectivity index (χ1n) is 8.18. The quantitative estimate of drug-likeness (QED) is 0.882. The van der Waals surface area contributed by atoms with Gasteiger partial charge in [0, 0.05) is 39.0 Å². The van der Waals surface area contributed by atoms with Crippen molar-refractivity contribution in [3.63, 3.8) is 0 Å². The van der Waals surface area contributed by atoms with E-state index in [9.17, 15) is 19.5 Å². The number of likely N-dealkylation sites (tertiary alicyclic amines) is 2. The van der Waals surface area contributed by atoms with Crippen LogP contribution in [0.5, 0.6) is 0 Å². The number of rotatable bonds is 2. The van der Waals surface area contributed by atoms with E-state index in [0.717, 1.165) is 0 Å². The molecule has 0 bridgehead atoms. The highest BCUT2D eigenvalue weighted by molar-refractivity contribution is 5.91. The summed E-state index contributed by atoms with van der Waals surface area (Å²) in [5.41, 5.74) is -0.959. The summed E-state index contributed by atoms with van der Waals surface area (Å²) in [4.78, 5) is 39.6. The molecule has 2 amide bonds.